The molecule has 0 aliphatic heterocycles. The molecule has 0 spiro atoms. The number of likely N-dealkylation sites (N-methyl/N-ethyl adjacent to an activating group) is 1. The van der Waals surface area contributed by atoms with E-state index in [2.05, 4.69) is 27.8 Å². The third-order valence-electron chi connectivity index (χ3n) is 4.17. The van der Waals surface area contributed by atoms with Crippen molar-refractivity contribution in [3.63, 3.8) is 0 Å². The summed E-state index contributed by atoms with van der Waals surface area (Å²) in [4.78, 5) is 35.3. The highest BCUT2D eigenvalue weighted by molar-refractivity contribution is 5.97. The molecule has 0 aliphatic rings. The zero-order valence-corrected chi connectivity index (χ0v) is 17.1. The molecule has 0 saturated carbocycles. The van der Waals surface area contributed by atoms with E-state index in [0.717, 1.165) is 5.56 Å². The summed E-state index contributed by atoms with van der Waals surface area (Å²) in [6.07, 6.45) is -1.19. The Morgan fingerprint density at radius 2 is 1.52 bits per heavy atom. The molecule has 9 heteroatoms. The number of anilines is 1. The minimum absolute atomic E-state index is 0.137. The third-order valence-corrected chi connectivity index (χ3v) is 4.17. The predicted molar refractivity (Wildman–Crippen MR) is 114 cm³/mol. The van der Waals surface area contributed by atoms with Crippen LogP contribution in [0.3, 0.4) is 0 Å². The number of aliphatic hydroxyl groups excluding tert-OH is 1. The molecule has 2 atom stereocenters. The molecule has 0 unspecified atom stereocenters. The number of hydrogen-bond acceptors (Lipinski definition) is 6. The minimum atomic E-state index is -1.29. The topological polar surface area (TPSA) is 140 Å². The van der Waals surface area contributed by atoms with Crippen LogP contribution in [0.1, 0.15) is 28.4 Å². The molecular formula is C22H24N4O5. The fraction of sp³-hybridized carbons (Fsp3) is 0.227. The molecule has 3 amide bonds. The number of carbonyl (C=O) groups excluding carboxylic acids is 3. The van der Waals surface area contributed by atoms with Crippen LogP contribution in [0, 0.1) is 11.8 Å². The van der Waals surface area contributed by atoms with Crippen molar-refractivity contribution in [3.05, 3.63) is 65.2 Å². The molecule has 6 N–H and O–H groups in total. The number of carbonyl (C=O) groups is 3. The second-order valence-corrected chi connectivity index (χ2v) is 6.65. The van der Waals surface area contributed by atoms with Crippen molar-refractivity contribution >= 4 is 23.4 Å². The van der Waals surface area contributed by atoms with E-state index in [9.17, 15) is 19.5 Å². The minimum Gasteiger partial charge on any atom is -0.391 e. The lowest BCUT2D eigenvalue weighted by Gasteiger charge is -2.19. The van der Waals surface area contributed by atoms with E-state index >= 15 is 0 Å². The molecule has 0 aliphatic carbocycles. The van der Waals surface area contributed by atoms with Gasteiger partial charge in [0.2, 0.25) is 5.91 Å². The number of rotatable bonds is 7. The molecular weight excluding hydrogens is 400 g/mol. The van der Waals surface area contributed by atoms with Gasteiger partial charge in [0.25, 0.3) is 11.8 Å². The van der Waals surface area contributed by atoms with E-state index in [1.54, 1.807) is 43.4 Å². The zero-order chi connectivity index (χ0) is 22.8. The average Bonchev–Trinajstić information content (AvgIpc) is 2.76. The van der Waals surface area contributed by atoms with Gasteiger partial charge in [-0.05, 0) is 62.5 Å². The second kappa shape index (κ2) is 11.5. The van der Waals surface area contributed by atoms with Crippen molar-refractivity contribution in [2.45, 2.75) is 19.1 Å². The lowest BCUT2D eigenvalue weighted by atomic mass is 10.1. The van der Waals surface area contributed by atoms with Crippen LogP contribution in [0.25, 0.3) is 0 Å². The summed E-state index contributed by atoms with van der Waals surface area (Å²) in [6, 6.07) is 12.2. The van der Waals surface area contributed by atoms with Gasteiger partial charge in [0.15, 0.2) is 0 Å². The number of hydrogen-bond donors (Lipinski definition) is 6. The van der Waals surface area contributed by atoms with Gasteiger partial charge in [-0.2, -0.15) is 0 Å². The van der Waals surface area contributed by atoms with E-state index in [4.69, 9.17) is 5.21 Å². The monoisotopic (exact) mass is 424 g/mol. The first-order chi connectivity index (χ1) is 14.8. The molecule has 0 bridgehead atoms. The molecule has 162 valence electrons. The van der Waals surface area contributed by atoms with Gasteiger partial charge in [0.1, 0.15) is 6.04 Å². The molecule has 2 aromatic rings. The molecule has 2 rings (SSSR count). The quantitative estimate of drug-likeness (QED) is 0.214. The molecule has 9 nitrogen and oxygen atoms in total. The van der Waals surface area contributed by atoms with E-state index in [0.29, 0.717) is 11.3 Å². The Labute approximate surface area is 179 Å². The summed E-state index contributed by atoms with van der Waals surface area (Å²) >= 11 is 0. The van der Waals surface area contributed by atoms with Crippen LogP contribution in [0.5, 0.6) is 0 Å². The third kappa shape index (κ3) is 7.24. The normalized spacial score (nSPS) is 12.0. The first-order valence-electron chi connectivity index (χ1n) is 9.43. The summed E-state index contributed by atoms with van der Waals surface area (Å²) in [5.41, 5.74) is 3.77. The standard InChI is InChI=1S/C22H24N4O5/c1-14(27)20(22(30)26-31)25-21(29)17-9-5-15(6-10-17)3-4-16-7-11-18(12-8-16)24-19(28)13-23-2/h5-12,14,20,23,27,31H,13H2,1-2H3,(H,24,28)(H,25,29)(H,26,30)/t14-,20+/m1/s1. The highest BCUT2D eigenvalue weighted by Gasteiger charge is 2.25. The molecule has 0 fully saturated rings. The maximum Gasteiger partial charge on any atom is 0.268 e. The van der Waals surface area contributed by atoms with Gasteiger partial charge >= 0.3 is 0 Å². The van der Waals surface area contributed by atoms with Crippen LogP contribution in [0.2, 0.25) is 0 Å². The molecule has 31 heavy (non-hydrogen) atoms. The number of nitrogens with one attached hydrogen (secondary N) is 4. The summed E-state index contributed by atoms with van der Waals surface area (Å²) < 4.78 is 0. The summed E-state index contributed by atoms with van der Waals surface area (Å²) in [5.74, 6) is 4.34. The van der Waals surface area contributed by atoms with Crippen LogP contribution < -0.4 is 21.4 Å². The Bertz CT molecular complexity index is 976. The van der Waals surface area contributed by atoms with E-state index in [1.165, 1.54) is 24.5 Å². The first-order valence-corrected chi connectivity index (χ1v) is 9.43. The summed E-state index contributed by atoms with van der Waals surface area (Å²) in [7, 11) is 1.69. The Morgan fingerprint density at radius 1 is 0.968 bits per heavy atom. The molecule has 2 aromatic carbocycles. The Morgan fingerprint density at radius 3 is 2.00 bits per heavy atom. The van der Waals surface area contributed by atoms with Crippen LogP contribution in [0.15, 0.2) is 48.5 Å². The molecule has 0 aromatic heterocycles. The second-order valence-electron chi connectivity index (χ2n) is 6.65. The van der Waals surface area contributed by atoms with Crippen molar-refractivity contribution in [3.8, 4) is 11.8 Å². The van der Waals surface area contributed by atoms with Crippen molar-refractivity contribution in [2.75, 3.05) is 18.9 Å². The Kier molecular flexibility index (Phi) is 8.72. The van der Waals surface area contributed by atoms with Gasteiger partial charge in [-0.25, -0.2) is 5.48 Å². The SMILES string of the molecule is CNCC(=O)Nc1ccc(C#Cc2ccc(C(=O)N[C@H](C(=O)NO)[C@@H](C)O)cc2)cc1. The van der Waals surface area contributed by atoms with Gasteiger partial charge < -0.3 is 21.1 Å². The number of benzene rings is 2. The van der Waals surface area contributed by atoms with Gasteiger partial charge in [-0.1, -0.05) is 11.8 Å². The van der Waals surface area contributed by atoms with Gasteiger partial charge in [0.05, 0.1) is 12.6 Å². The predicted octanol–water partition coefficient (Wildman–Crippen LogP) is 0.229. The number of amides is 3. The fourth-order valence-corrected chi connectivity index (χ4v) is 2.55. The molecule has 0 radical (unpaired) electrons. The van der Waals surface area contributed by atoms with Crippen molar-refractivity contribution in [2.24, 2.45) is 0 Å². The zero-order valence-electron chi connectivity index (χ0n) is 17.1. The largest absolute Gasteiger partial charge is 0.391 e. The van der Waals surface area contributed by atoms with Crippen LogP contribution in [-0.2, 0) is 9.59 Å². The van der Waals surface area contributed by atoms with Crippen LogP contribution >= 0.6 is 0 Å². The Balaban J connectivity index is 2.01. The van der Waals surface area contributed by atoms with Gasteiger partial charge in [-0.3, -0.25) is 19.6 Å². The fourth-order valence-electron chi connectivity index (χ4n) is 2.55. The van der Waals surface area contributed by atoms with Crippen LogP contribution in [-0.4, -0.2) is 53.8 Å². The maximum absolute atomic E-state index is 12.3. The highest BCUT2D eigenvalue weighted by atomic mass is 16.5. The first kappa shape index (κ1) is 23.6. The van der Waals surface area contributed by atoms with E-state index in [1.807, 2.05) is 0 Å². The maximum atomic E-state index is 12.3. The van der Waals surface area contributed by atoms with Crippen molar-refractivity contribution in [1.82, 2.24) is 16.1 Å². The van der Waals surface area contributed by atoms with E-state index < -0.39 is 24.0 Å². The van der Waals surface area contributed by atoms with Gasteiger partial charge in [-0.15, -0.1) is 0 Å². The smallest absolute Gasteiger partial charge is 0.268 e. The van der Waals surface area contributed by atoms with E-state index in [-0.39, 0.29) is 18.0 Å². The average molecular weight is 424 g/mol. The van der Waals surface area contributed by atoms with Gasteiger partial charge in [0, 0.05) is 22.4 Å². The van der Waals surface area contributed by atoms with Crippen molar-refractivity contribution in [1.29, 1.82) is 0 Å². The number of hydroxylamine groups is 1. The molecule has 0 saturated heterocycles. The summed E-state index contributed by atoms with van der Waals surface area (Å²) in [5, 5.41) is 26.2. The summed E-state index contributed by atoms with van der Waals surface area (Å²) in [6.45, 7) is 1.55. The highest BCUT2D eigenvalue weighted by Crippen LogP contribution is 2.09. The lowest BCUT2D eigenvalue weighted by molar-refractivity contribution is -0.133. The van der Waals surface area contributed by atoms with Crippen LogP contribution in [0.4, 0.5) is 5.69 Å². The Hall–Kier alpha value is -3.71. The lowest BCUT2D eigenvalue weighted by Crippen LogP contribution is -2.51. The van der Waals surface area contributed by atoms with Crippen molar-refractivity contribution < 1.29 is 24.7 Å². The molecule has 0 heterocycles. The number of aliphatic hydroxyl groups is 1.